The quantitative estimate of drug-likeness (QED) is 0.476. The molecule has 1 atom stereocenters. The van der Waals surface area contributed by atoms with E-state index in [0.717, 1.165) is 38.1 Å². The molecule has 1 aliphatic rings. The van der Waals surface area contributed by atoms with Crippen LogP contribution in [0.4, 0.5) is 0 Å². The van der Waals surface area contributed by atoms with Crippen LogP contribution >= 0.6 is 0 Å². The van der Waals surface area contributed by atoms with E-state index in [1.54, 1.807) is 36.1 Å². The number of amides is 1. The van der Waals surface area contributed by atoms with Gasteiger partial charge in [-0.05, 0) is 44.5 Å². The smallest absolute Gasteiger partial charge is 0.240 e. The molecule has 0 radical (unpaired) electrons. The second kappa shape index (κ2) is 9.99. The summed E-state index contributed by atoms with van der Waals surface area (Å²) >= 11 is 0. The lowest BCUT2D eigenvalue weighted by Gasteiger charge is -2.35. The van der Waals surface area contributed by atoms with E-state index < -0.39 is 16.1 Å². The molecule has 0 spiro atoms. The highest BCUT2D eigenvalue weighted by molar-refractivity contribution is 7.88. The second-order valence-corrected chi connectivity index (χ2v) is 8.84. The molecular weight excluding hydrogens is 382 g/mol. The van der Waals surface area contributed by atoms with E-state index in [-0.39, 0.29) is 11.7 Å². The zero-order valence-electron chi connectivity index (χ0n) is 16.7. The molecule has 2 rings (SSSR count). The van der Waals surface area contributed by atoms with E-state index in [0.29, 0.717) is 25.3 Å². The third-order valence-electron chi connectivity index (χ3n) is 4.59. The summed E-state index contributed by atoms with van der Waals surface area (Å²) in [5, 5.41) is 0. The van der Waals surface area contributed by atoms with E-state index in [1.807, 2.05) is 0 Å². The fraction of sp³-hybridized carbons (Fsp3) is 0.579. The summed E-state index contributed by atoms with van der Waals surface area (Å²) < 4.78 is 30.5. The Morgan fingerprint density at radius 3 is 2.29 bits per heavy atom. The molecule has 0 saturated carbocycles. The van der Waals surface area contributed by atoms with Crippen molar-refractivity contribution in [3.05, 3.63) is 29.8 Å². The SMILES string of the molecule is CC(=O)c1ccc(OCCCN2CCN(C(=O)[C@@H](C)NS(C)(=O)=O)CC2)cc1. The lowest BCUT2D eigenvalue weighted by molar-refractivity contribution is -0.134. The summed E-state index contributed by atoms with van der Waals surface area (Å²) in [4.78, 5) is 27.5. The number of sulfonamides is 1. The number of nitrogens with one attached hydrogen (secondary N) is 1. The van der Waals surface area contributed by atoms with Gasteiger partial charge in [0, 0.05) is 38.3 Å². The standard InChI is InChI=1S/C19H29N3O5S/c1-15(20-28(3,25)26)19(24)22-12-10-21(11-13-22)9-4-14-27-18-7-5-17(6-8-18)16(2)23/h5-8,15,20H,4,9-14H2,1-3H3/t15-/m1/s1. The first-order valence-corrected chi connectivity index (χ1v) is 11.3. The third kappa shape index (κ3) is 7.21. The van der Waals surface area contributed by atoms with Crippen LogP contribution in [0.3, 0.4) is 0 Å². The minimum atomic E-state index is -3.40. The van der Waals surface area contributed by atoms with Crippen molar-refractivity contribution in [3.8, 4) is 5.75 Å². The highest BCUT2D eigenvalue weighted by Gasteiger charge is 2.26. The van der Waals surface area contributed by atoms with Crippen molar-refractivity contribution in [3.63, 3.8) is 0 Å². The molecule has 8 nitrogen and oxygen atoms in total. The first-order chi connectivity index (χ1) is 13.2. The van der Waals surface area contributed by atoms with Gasteiger partial charge in [-0.1, -0.05) is 0 Å². The molecule has 1 saturated heterocycles. The van der Waals surface area contributed by atoms with Crippen molar-refractivity contribution < 1.29 is 22.7 Å². The zero-order chi connectivity index (χ0) is 20.7. The average Bonchev–Trinajstić information content (AvgIpc) is 2.64. The molecule has 156 valence electrons. The normalized spacial score (nSPS) is 16.6. The number of ether oxygens (including phenoxy) is 1. The Balaban J connectivity index is 1.66. The van der Waals surface area contributed by atoms with Crippen LogP contribution in [0, 0.1) is 0 Å². The van der Waals surface area contributed by atoms with Crippen LogP contribution in [0.25, 0.3) is 0 Å². The summed E-state index contributed by atoms with van der Waals surface area (Å²) in [7, 11) is -3.40. The van der Waals surface area contributed by atoms with Crippen molar-refractivity contribution in [1.82, 2.24) is 14.5 Å². The Hall–Kier alpha value is -1.97. The molecule has 0 unspecified atom stereocenters. The third-order valence-corrected chi connectivity index (χ3v) is 5.38. The molecule has 9 heteroatoms. The highest BCUT2D eigenvalue weighted by atomic mass is 32.2. The van der Waals surface area contributed by atoms with Gasteiger partial charge in [-0.2, -0.15) is 0 Å². The van der Waals surface area contributed by atoms with Crippen LogP contribution in [0.15, 0.2) is 24.3 Å². The Labute approximate surface area is 166 Å². The van der Waals surface area contributed by atoms with Gasteiger partial charge >= 0.3 is 0 Å². The molecule has 28 heavy (non-hydrogen) atoms. The van der Waals surface area contributed by atoms with Crippen LogP contribution in [0.1, 0.15) is 30.6 Å². The lowest BCUT2D eigenvalue weighted by atomic mass is 10.1. The minimum Gasteiger partial charge on any atom is -0.494 e. The number of rotatable bonds is 9. The van der Waals surface area contributed by atoms with E-state index in [1.165, 1.54) is 6.92 Å². The zero-order valence-corrected chi connectivity index (χ0v) is 17.5. The maximum atomic E-state index is 12.3. The number of Topliss-reactive ketones (excluding diaryl/α,β-unsaturated/α-hetero) is 1. The molecule has 1 aliphatic heterocycles. The Morgan fingerprint density at radius 1 is 1.14 bits per heavy atom. The summed E-state index contributed by atoms with van der Waals surface area (Å²) in [5.41, 5.74) is 0.667. The molecule has 1 aromatic rings. The van der Waals surface area contributed by atoms with Gasteiger partial charge in [0.1, 0.15) is 5.75 Å². The average molecular weight is 412 g/mol. The number of benzene rings is 1. The van der Waals surface area contributed by atoms with Crippen LogP contribution < -0.4 is 9.46 Å². The summed E-state index contributed by atoms with van der Waals surface area (Å²) in [6.45, 7) is 7.22. The summed E-state index contributed by atoms with van der Waals surface area (Å²) in [5.74, 6) is 0.584. The highest BCUT2D eigenvalue weighted by Crippen LogP contribution is 2.13. The Kier molecular flexibility index (Phi) is 7.97. The Bertz CT molecular complexity index is 771. The number of hydrogen-bond acceptors (Lipinski definition) is 6. The van der Waals surface area contributed by atoms with Gasteiger partial charge in [-0.3, -0.25) is 14.5 Å². The molecule has 1 fully saturated rings. The molecule has 0 aliphatic carbocycles. The number of nitrogens with zero attached hydrogens (tertiary/aromatic N) is 2. The molecule has 0 aromatic heterocycles. The van der Waals surface area contributed by atoms with Crippen molar-refractivity contribution in [1.29, 1.82) is 0 Å². The number of hydrogen-bond donors (Lipinski definition) is 1. The Morgan fingerprint density at radius 2 is 1.75 bits per heavy atom. The van der Waals surface area contributed by atoms with Gasteiger partial charge in [0.2, 0.25) is 15.9 Å². The van der Waals surface area contributed by atoms with Gasteiger partial charge in [0.15, 0.2) is 5.78 Å². The van der Waals surface area contributed by atoms with Crippen LogP contribution in [0.2, 0.25) is 0 Å². The number of ketones is 1. The van der Waals surface area contributed by atoms with Crippen LogP contribution in [-0.2, 0) is 14.8 Å². The fourth-order valence-electron chi connectivity index (χ4n) is 3.10. The minimum absolute atomic E-state index is 0.0330. The molecule has 1 amide bonds. The largest absolute Gasteiger partial charge is 0.494 e. The molecule has 1 heterocycles. The first-order valence-electron chi connectivity index (χ1n) is 9.38. The van der Waals surface area contributed by atoms with Gasteiger partial charge in [0.05, 0.1) is 18.9 Å². The van der Waals surface area contributed by atoms with Crippen molar-refractivity contribution in [2.24, 2.45) is 0 Å². The van der Waals surface area contributed by atoms with E-state index in [4.69, 9.17) is 4.74 Å². The summed E-state index contributed by atoms with van der Waals surface area (Å²) in [6.07, 6.45) is 1.91. The summed E-state index contributed by atoms with van der Waals surface area (Å²) in [6, 6.07) is 6.37. The van der Waals surface area contributed by atoms with Crippen molar-refractivity contribution in [2.75, 3.05) is 45.6 Å². The molecule has 1 aromatic carbocycles. The second-order valence-electron chi connectivity index (χ2n) is 7.06. The molecule has 0 bridgehead atoms. The van der Waals surface area contributed by atoms with Crippen molar-refractivity contribution >= 4 is 21.7 Å². The molecule has 1 N–H and O–H groups in total. The maximum absolute atomic E-state index is 12.3. The predicted molar refractivity (Wildman–Crippen MR) is 107 cm³/mol. The van der Waals surface area contributed by atoms with E-state index in [9.17, 15) is 18.0 Å². The number of piperazine rings is 1. The van der Waals surface area contributed by atoms with Crippen LogP contribution in [-0.4, -0.2) is 81.5 Å². The predicted octanol–water partition coefficient (Wildman–Crippen LogP) is 0.740. The maximum Gasteiger partial charge on any atom is 0.240 e. The van der Waals surface area contributed by atoms with E-state index in [2.05, 4.69) is 9.62 Å². The molecular formula is C19H29N3O5S. The van der Waals surface area contributed by atoms with Gasteiger partial charge in [0.25, 0.3) is 0 Å². The van der Waals surface area contributed by atoms with Crippen molar-refractivity contribution in [2.45, 2.75) is 26.3 Å². The monoisotopic (exact) mass is 411 g/mol. The number of carbonyl (C=O) groups is 2. The first kappa shape index (κ1) is 22.3. The van der Waals surface area contributed by atoms with Gasteiger partial charge in [-0.15, -0.1) is 0 Å². The number of carbonyl (C=O) groups excluding carboxylic acids is 2. The van der Waals surface area contributed by atoms with Crippen LogP contribution in [0.5, 0.6) is 5.75 Å². The topological polar surface area (TPSA) is 96.0 Å². The van der Waals surface area contributed by atoms with Gasteiger partial charge in [-0.25, -0.2) is 13.1 Å². The van der Waals surface area contributed by atoms with E-state index >= 15 is 0 Å². The fourth-order valence-corrected chi connectivity index (χ4v) is 3.84. The van der Waals surface area contributed by atoms with Gasteiger partial charge < -0.3 is 9.64 Å². The lowest BCUT2D eigenvalue weighted by Crippen LogP contribution is -2.54.